The van der Waals surface area contributed by atoms with Crippen LogP contribution in [0.15, 0.2) is 83.7 Å². The van der Waals surface area contributed by atoms with E-state index in [2.05, 4.69) is 91.9 Å². The van der Waals surface area contributed by atoms with Gasteiger partial charge in [0.2, 0.25) is 0 Å². The van der Waals surface area contributed by atoms with Gasteiger partial charge in [0, 0.05) is 0 Å². The van der Waals surface area contributed by atoms with Crippen molar-refractivity contribution in [2.75, 3.05) is 0 Å². The molecular formula is C37H41Cl2PTi. The van der Waals surface area contributed by atoms with Crippen LogP contribution in [0.5, 0.6) is 0 Å². The number of halogens is 2. The first-order valence-corrected chi connectivity index (χ1v) is 18.8. The molecule has 4 aliphatic rings. The van der Waals surface area contributed by atoms with E-state index >= 15 is 0 Å². The van der Waals surface area contributed by atoms with Gasteiger partial charge in [-0.2, -0.15) is 0 Å². The molecule has 0 bridgehead atoms. The summed E-state index contributed by atoms with van der Waals surface area (Å²) in [4.78, 5) is 0. The Balaban J connectivity index is 0.00000169. The number of benzene rings is 3. The molecule has 4 aliphatic carbocycles. The van der Waals surface area contributed by atoms with Crippen LogP contribution in [0.4, 0.5) is 0 Å². The minimum Gasteiger partial charge on any atom is -1.00 e. The summed E-state index contributed by atoms with van der Waals surface area (Å²) in [6.45, 7) is 2.43. The Kier molecular flexibility index (Phi) is 10.8. The molecule has 0 aliphatic heterocycles. The van der Waals surface area contributed by atoms with Crippen LogP contribution in [0, 0.1) is 0 Å². The molecule has 0 amide bonds. The third-order valence-corrected chi connectivity index (χ3v) is 17.0. The molecule has 0 N–H and O–H groups in total. The zero-order valence-corrected chi connectivity index (χ0v) is 28.1. The summed E-state index contributed by atoms with van der Waals surface area (Å²) in [6.07, 6.45) is 20.1. The Morgan fingerprint density at radius 3 is 1.90 bits per heavy atom. The topological polar surface area (TPSA) is 0 Å². The van der Waals surface area contributed by atoms with Crippen molar-refractivity contribution in [1.29, 1.82) is 0 Å². The Labute approximate surface area is 270 Å². The average molecular weight is 635 g/mol. The van der Waals surface area contributed by atoms with Crippen molar-refractivity contribution in [3.8, 4) is 11.1 Å². The normalized spacial score (nSPS) is 22.1. The molecule has 0 radical (unpaired) electrons. The number of rotatable bonds is 6. The molecule has 41 heavy (non-hydrogen) atoms. The number of fused-ring (bicyclic) bond motifs is 2. The molecule has 4 heteroatoms. The van der Waals surface area contributed by atoms with E-state index in [1.807, 2.05) is 5.31 Å². The summed E-state index contributed by atoms with van der Waals surface area (Å²) in [7, 11) is -0.0550. The van der Waals surface area contributed by atoms with E-state index in [9.17, 15) is 0 Å². The van der Waals surface area contributed by atoms with Gasteiger partial charge in [-0.05, 0) is 0 Å². The zero-order chi connectivity index (χ0) is 26.2. The summed E-state index contributed by atoms with van der Waals surface area (Å²) < 4.78 is 1.34. The van der Waals surface area contributed by atoms with E-state index in [1.54, 1.807) is 22.3 Å². The van der Waals surface area contributed by atoms with Gasteiger partial charge in [0.25, 0.3) is 0 Å². The van der Waals surface area contributed by atoms with E-state index < -0.39 is 0 Å². The molecule has 2 unspecified atom stereocenters. The largest absolute Gasteiger partial charge is 1.00 e. The number of hydrogen-bond donors (Lipinski definition) is 0. The van der Waals surface area contributed by atoms with Crippen LogP contribution in [0.1, 0.15) is 102 Å². The van der Waals surface area contributed by atoms with E-state index in [-0.39, 0.29) is 51.9 Å². The molecular weight excluding hydrogens is 594 g/mol. The van der Waals surface area contributed by atoms with Gasteiger partial charge in [-0.3, -0.25) is 0 Å². The quantitative estimate of drug-likeness (QED) is 0.260. The van der Waals surface area contributed by atoms with Gasteiger partial charge in [0.1, 0.15) is 0 Å². The standard InChI is InChI=1S/C21H28P.C16H13.2ClH.Ti/c1-3-11-19(12-4-1)22(20-13-5-2-6-14-20)21-15-17-9-7-8-10-18(17)16-21;1-12-10-14-8-5-9-15(16(14)11-12)13-6-3-2-4-7-13;;;/h7-10,15-16,19-20H,1-6,11-14H2;2-11H,1H3;2*1H;/q;;;;+2/p-2. The van der Waals surface area contributed by atoms with E-state index in [4.69, 9.17) is 0 Å². The van der Waals surface area contributed by atoms with Crippen molar-refractivity contribution in [2.45, 2.75) is 90.9 Å². The first-order valence-electron chi connectivity index (χ1n) is 15.5. The smallest absolute Gasteiger partial charge is 1.00 e. The molecule has 2 saturated carbocycles. The van der Waals surface area contributed by atoms with Crippen LogP contribution < -0.4 is 24.8 Å². The first-order chi connectivity index (χ1) is 19.3. The monoisotopic (exact) mass is 634 g/mol. The maximum absolute atomic E-state index is 2.74. The van der Waals surface area contributed by atoms with Crippen LogP contribution in [0.2, 0.25) is 0 Å². The molecule has 2 atom stereocenters. The Morgan fingerprint density at radius 2 is 1.22 bits per heavy atom. The van der Waals surface area contributed by atoms with Gasteiger partial charge in [0.15, 0.2) is 0 Å². The van der Waals surface area contributed by atoms with Crippen molar-refractivity contribution in [1.82, 2.24) is 0 Å². The van der Waals surface area contributed by atoms with Gasteiger partial charge in [-0.15, -0.1) is 0 Å². The molecule has 2 fully saturated rings. The number of allylic oxidation sites excluding steroid dienone is 2. The summed E-state index contributed by atoms with van der Waals surface area (Å²) in [6, 6.07) is 27.7. The predicted octanol–water partition coefficient (Wildman–Crippen LogP) is 5.15. The zero-order valence-electron chi connectivity index (χ0n) is 24.2. The molecule has 0 nitrogen and oxygen atoms in total. The molecule has 0 saturated heterocycles. The summed E-state index contributed by atoms with van der Waals surface area (Å²) >= 11 is -0.307. The van der Waals surface area contributed by atoms with Crippen LogP contribution in [0.25, 0.3) is 23.3 Å². The van der Waals surface area contributed by atoms with Crippen molar-refractivity contribution in [3.63, 3.8) is 0 Å². The minimum absolute atomic E-state index is 0. The van der Waals surface area contributed by atoms with Crippen LogP contribution in [0.3, 0.4) is 0 Å². The van der Waals surface area contributed by atoms with Gasteiger partial charge in [-0.1, -0.05) is 0 Å². The maximum Gasteiger partial charge on any atom is -1.00 e. The SMILES string of the molecule is CC1=Cc2c(-c3ccccc3)cccc2[CH]1[Ti+2][CH]1C(P(C2CCCCC2)C2CCCCC2)=Cc2ccccc21.[Cl-].[Cl-]. The second-order valence-electron chi connectivity index (χ2n) is 12.3. The third-order valence-electron chi connectivity index (χ3n) is 9.84. The van der Waals surface area contributed by atoms with Crippen molar-refractivity contribution < 1.29 is 44.0 Å². The second kappa shape index (κ2) is 14.1. The average Bonchev–Trinajstić information content (AvgIpc) is 3.52. The summed E-state index contributed by atoms with van der Waals surface area (Å²) in [5.41, 5.74) is 12.7. The van der Waals surface area contributed by atoms with Crippen molar-refractivity contribution in [2.24, 2.45) is 0 Å². The van der Waals surface area contributed by atoms with Crippen LogP contribution >= 0.6 is 7.92 Å². The summed E-state index contributed by atoms with van der Waals surface area (Å²) in [5, 5.41) is 1.94. The maximum atomic E-state index is 2.74. The van der Waals surface area contributed by atoms with Gasteiger partial charge in [-0.25, -0.2) is 0 Å². The van der Waals surface area contributed by atoms with E-state index in [0.717, 1.165) is 11.3 Å². The molecule has 3 aromatic carbocycles. The molecule has 212 valence electrons. The molecule has 0 aromatic heterocycles. The fraction of sp³-hybridized carbons (Fsp3) is 0.405. The fourth-order valence-corrected chi connectivity index (χ4v) is 15.8. The van der Waals surface area contributed by atoms with Crippen LogP contribution in [-0.2, 0) is 19.2 Å². The molecule has 0 heterocycles. The van der Waals surface area contributed by atoms with E-state index in [1.165, 1.54) is 80.9 Å². The van der Waals surface area contributed by atoms with Gasteiger partial charge < -0.3 is 24.8 Å². The molecule has 0 spiro atoms. The van der Waals surface area contributed by atoms with Gasteiger partial charge in [0.05, 0.1) is 0 Å². The Hall–Kier alpha value is -1.14. The minimum atomic E-state index is -0.307. The predicted molar refractivity (Wildman–Crippen MR) is 166 cm³/mol. The van der Waals surface area contributed by atoms with Crippen LogP contribution in [-0.4, -0.2) is 11.3 Å². The van der Waals surface area contributed by atoms with Gasteiger partial charge >= 0.3 is 247 Å². The first kappa shape index (κ1) is 31.3. The molecule has 7 rings (SSSR count). The Morgan fingerprint density at radius 1 is 0.610 bits per heavy atom. The summed E-state index contributed by atoms with van der Waals surface area (Å²) in [5.74, 6) is 0. The van der Waals surface area contributed by atoms with Crippen molar-refractivity contribution >= 4 is 20.1 Å². The molecule has 3 aromatic rings. The number of hydrogen-bond acceptors (Lipinski definition) is 0. The van der Waals surface area contributed by atoms with Crippen molar-refractivity contribution in [3.05, 3.63) is 106 Å². The fourth-order valence-electron chi connectivity index (χ4n) is 7.95. The second-order valence-corrected chi connectivity index (χ2v) is 17.4. The third kappa shape index (κ3) is 6.26. The Bertz CT molecular complexity index is 1370. The van der Waals surface area contributed by atoms with E-state index in [0.29, 0.717) is 8.45 Å².